The summed E-state index contributed by atoms with van der Waals surface area (Å²) in [7, 11) is 0. The summed E-state index contributed by atoms with van der Waals surface area (Å²) in [5.74, 6) is 0. The first-order valence-corrected chi connectivity index (χ1v) is 1.96. The zero-order chi connectivity index (χ0) is 4.28. The van der Waals surface area contributed by atoms with E-state index in [-0.39, 0.29) is 0 Å². The van der Waals surface area contributed by atoms with Crippen LogP contribution in [0.25, 0.3) is 0 Å². The average molecular weight is 89.2 g/mol. The molecule has 0 aliphatic heterocycles. The Hall–Kier alpha value is 0.0200. The van der Waals surface area contributed by atoms with E-state index in [0.717, 1.165) is 0 Å². The Bertz CT molecular complexity index is 33.9. The monoisotopic (exact) mass is 89.0 g/mol. The van der Waals surface area contributed by atoms with E-state index in [4.69, 9.17) is 0 Å². The van der Waals surface area contributed by atoms with E-state index in [1.165, 1.54) is 0 Å². The molecule has 0 amide bonds. The third kappa shape index (κ3) is 4.02. The maximum atomic E-state index is 4.30. The molecule has 0 spiro atoms. The van der Waals surface area contributed by atoms with Gasteiger partial charge in [-0.05, 0) is 13.8 Å². The normalized spacial score (nSPS) is 8.60. The van der Waals surface area contributed by atoms with Gasteiger partial charge in [0.15, 0.2) is 0 Å². The van der Waals surface area contributed by atoms with Crippen LogP contribution >= 0.6 is 0 Å². The molecule has 0 atom stereocenters. The fraction of sp³-hybridized carbons (Fsp3) is 1.00. The van der Waals surface area contributed by atoms with Crippen LogP contribution in [0, 0.1) is 0 Å². The molecule has 0 rings (SSSR count). The lowest BCUT2D eigenvalue weighted by molar-refractivity contribution is 0.853. The lowest BCUT2D eigenvalue weighted by atomic mass is 10.4. The Morgan fingerprint density at radius 1 is 1.60 bits per heavy atom. The number of nitrogens with zero attached hydrogens (tertiary/aromatic N) is 1. The van der Waals surface area contributed by atoms with E-state index in [2.05, 4.69) is 16.8 Å². The van der Waals surface area contributed by atoms with E-state index in [1.54, 1.807) is 0 Å². The third-order valence-corrected chi connectivity index (χ3v) is 0.632. The Balaban J connectivity index is 2.83. The summed E-state index contributed by atoms with van der Waals surface area (Å²) in [6.07, 6.45) is 0. The highest BCUT2D eigenvalue weighted by atomic mass is 32.1. The average Bonchev–Trinajstić information content (AvgIpc) is 1.38. The van der Waals surface area contributed by atoms with E-state index in [9.17, 15) is 0 Å². The first kappa shape index (κ1) is 5.02. The molecule has 0 saturated carbocycles. The SMILES string of the molecule is CC(C)N=S. The van der Waals surface area contributed by atoms with Crippen molar-refractivity contribution in [3.05, 3.63) is 0 Å². The molecule has 0 fully saturated rings. The van der Waals surface area contributed by atoms with Gasteiger partial charge < -0.3 is 0 Å². The van der Waals surface area contributed by atoms with E-state index in [0.29, 0.717) is 6.04 Å². The van der Waals surface area contributed by atoms with E-state index in [1.807, 2.05) is 13.8 Å². The Morgan fingerprint density at radius 2 is 1.80 bits per heavy atom. The predicted octanol–water partition coefficient (Wildman–Crippen LogP) is 1.13. The van der Waals surface area contributed by atoms with Crippen LogP contribution in [0.4, 0.5) is 0 Å². The molecular formula is C3H7NS. The zero-order valence-corrected chi connectivity index (χ0v) is 4.25. The van der Waals surface area contributed by atoms with Crippen LogP contribution in [0.15, 0.2) is 4.36 Å². The Labute approximate surface area is 37.6 Å². The van der Waals surface area contributed by atoms with Gasteiger partial charge >= 0.3 is 0 Å². The number of rotatable bonds is 1. The Kier molecular flexibility index (Phi) is 2.28. The molecular weight excluding hydrogens is 82.1 g/mol. The van der Waals surface area contributed by atoms with Gasteiger partial charge in [-0.3, -0.25) is 0 Å². The fourth-order valence-corrected chi connectivity index (χ4v) is 0. The standard InChI is InChI=1S/C3H7NS/c1-3(2)4-5/h3H,1-2H3. The van der Waals surface area contributed by atoms with Crippen molar-refractivity contribution in [2.24, 2.45) is 4.36 Å². The van der Waals surface area contributed by atoms with Crippen LogP contribution in [0.1, 0.15) is 13.8 Å². The Morgan fingerprint density at radius 3 is 1.80 bits per heavy atom. The smallest absolute Gasteiger partial charge is 0.0574 e. The predicted molar refractivity (Wildman–Crippen MR) is 24.9 cm³/mol. The van der Waals surface area contributed by atoms with Gasteiger partial charge in [-0.1, -0.05) is 0 Å². The molecule has 0 heterocycles. The summed E-state index contributed by atoms with van der Waals surface area (Å²) in [5.41, 5.74) is 0. The second-order valence-corrected chi connectivity index (χ2v) is 1.41. The van der Waals surface area contributed by atoms with Crippen LogP contribution in [0.5, 0.6) is 0 Å². The van der Waals surface area contributed by atoms with Crippen LogP contribution in [-0.2, 0) is 12.4 Å². The van der Waals surface area contributed by atoms with E-state index >= 15 is 0 Å². The van der Waals surface area contributed by atoms with Gasteiger partial charge in [-0.15, -0.1) is 0 Å². The molecule has 0 aromatic heterocycles. The minimum absolute atomic E-state index is 0.324. The molecule has 0 bridgehead atoms. The van der Waals surface area contributed by atoms with Crippen LogP contribution in [0.2, 0.25) is 0 Å². The molecule has 30 valence electrons. The van der Waals surface area contributed by atoms with Crippen molar-refractivity contribution in [3.8, 4) is 0 Å². The lowest BCUT2D eigenvalue weighted by Gasteiger charge is -1.82. The molecule has 0 aliphatic rings. The van der Waals surface area contributed by atoms with Gasteiger partial charge in [-0.25, -0.2) is 4.36 Å². The molecule has 2 heteroatoms. The largest absolute Gasteiger partial charge is 0.217 e. The second-order valence-electron chi connectivity index (χ2n) is 1.20. The summed E-state index contributed by atoms with van der Waals surface area (Å²) in [4.78, 5) is 0. The third-order valence-electron chi connectivity index (χ3n) is 0.211. The van der Waals surface area contributed by atoms with Gasteiger partial charge in [0.1, 0.15) is 0 Å². The highest BCUT2D eigenvalue weighted by Crippen LogP contribution is 1.78. The van der Waals surface area contributed by atoms with Crippen molar-refractivity contribution in [3.63, 3.8) is 0 Å². The van der Waals surface area contributed by atoms with Crippen LogP contribution < -0.4 is 0 Å². The minimum atomic E-state index is 0.324. The van der Waals surface area contributed by atoms with Gasteiger partial charge in [0, 0.05) is 12.4 Å². The number of hydrogen-bond donors (Lipinski definition) is 0. The lowest BCUT2D eigenvalue weighted by Crippen LogP contribution is -1.81. The van der Waals surface area contributed by atoms with Crippen molar-refractivity contribution in [2.45, 2.75) is 19.9 Å². The molecule has 0 N–H and O–H groups in total. The quantitative estimate of drug-likeness (QED) is 0.469. The topological polar surface area (TPSA) is 12.4 Å². The minimum Gasteiger partial charge on any atom is -0.217 e. The summed E-state index contributed by atoms with van der Waals surface area (Å²) < 4.78 is 3.47. The molecule has 0 saturated heterocycles. The van der Waals surface area contributed by atoms with Crippen molar-refractivity contribution >= 4 is 12.4 Å². The maximum absolute atomic E-state index is 4.30. The van der Waals surface area contributed by atoms with Gasteiger partial charge in [-0.2, -0.15) is 0 Å². The zero-order valence-electron chi connectivity index (χ0n) is 3.43. The number of hydrogen-bond acceptors (Lipinski definition) is 2. The van der Waals surface area contributed by atoms with Crippen molar-refractivity contribution in [1.29, 1.82) is 0 Å². The molecule has 1 nitrogen and oxygen atoms in total. The van der Waals surface area contributed by atoms with Crippen molar-refractivity contribution in [1.82, 2.24) is 0 Å². The highest BCUT2D eigenvalue weighted by Gasteiger charge is 1.76. The summed E-state index contributed by atoms with van der Waals surface area (Å²) in [5, 5.41) is 0. The molecule has 0 aliphatic carbocycles. The molecule has 5 heavy (non-hydrogen) atoms. The van der Waals surface area contributed by atoms with E-state index < -0.39 is 0 Å². The molecule has 0 unspecified atom stereocenters. The van der Waals surface area contributed by atoms with Crippen molar-refractivity contribution in [2.75, 3.05) is 0 Å². The molecule has 0 radical (unpaired) electrons. The summed E-state index contributed by atoms with van der Waals surface area (Å²) >= 11 is 4.30. The van der Waals surface area contributed by atoms with Crippen LogP contribution in [0.3, 0.4) is 0 Å². The second kappa shape index (κ2) is 2.27. The van der Waals surface area contributed by atoms with Crippen LogP contribution in [-0.4, -0.2) is 6.04 Å². The summed E-state index contributed by atoms with van der Waals surface area (Å²) in [6, 6.07) is 0.324. The van der Waals surface area contributed by atoms with Gasteiger partial charge in [0.05, 0.1) is 6.04 Å². The maximum Gasteiger partial charge on any atom is 0.0574 e. The molecule has 0 aromatic carbocycles. The van der Waals surface area contributed by atoms with Gasteiger partial charge in [0.25, 0.3) is 0 Å². The van der Waals surface area contributed by atoms with Crippen molar-refractivity contribution < 1.29 is 0 Å². The van der Waals surface area contributed by atoms with Gasteiger partial charge in [0.2, 0.25) is 0 Å². The molecule has 0 aromatic rings. The fourth-order valence-electron chi connectivity index (χ4n) is 0. The first-order valence-electron chi connectivity index (χ1n) is 1.60. The first-order chi connectivity index (χ1) is 2.27. The highest BCUT2D eigenvalue weighted by molar-refractivity contribution is 7.47. The summed E-state index contributed by atoms with van der Waals surface area (Å²) in [6.45, 7) is 3.90.